The predicted octanol–water partition coefficient (Wildman–Crippen LogP) is 4.85. The molecule has 0 saturated heterocycles. The van der Waals surface area contributed by atoms with Crippen LogP contribution in [-0.2, 0) is 0 Å². The lowest BCUT2D eigenvalue weighted by Gasteiger charge is -2.34. The Morgan fingerprint density at radius 3 is 2.56 bits per heavy atom. The van der Waals surface area contributed by atoms with E-state index < -0.39 is 11.6 Å². The zero-order chi connectivity index (χ0) is 13.3. The molecule has 1 fully saturated rings. The van der Waals surface area contributed by atoms with Crippen molar-refractivity contribution in [3.63, 3.8) is 0 Å². The first kappa shape index (κ1) is 13.6. The van der Waals surface area contributed by atoms with Crippen LogP contribution in [-0.4, -0.2) is 6.04 Å². The van der Waals surface area contributed by atoms with E-state index in [1.165, 1.54) is 0 Å². The van der Waals surface area contributed by atoms with Gasteiger partial charge in [-0.3, -0.25) is 0 Å². The minimum absolute atomic E-state index is 0.110. The first-order valence-corrected chi connectivity index (χ1v) is 6.76. The summed E-state index contributed by atoms with van der Waals surface area (Å²) < 4.78 is 26.6. The van der Waals surface area contributed by atoms with Crippen molar-refractivity contribution >= 4 is 17.3 Å². The van der Waals surface area contributed by atoms with Gasteiger partial charge >= 0.3 is 0 Å². The Morgan fingerprint density at radius 2 is 1.94 bits per heavy atom. The maximum atomic E-state index is 13.7. The van der Waals surface area contributed by atoms with E-state index in [2.05, 4.69) is 19.2 Å². The Balaban J connectivity index is 2.14. The molecule has 1 saturated carbocycles. The van der Waals surface area contributed by atoms with Crippen molar-refractivity contribution in [3.8, 4) is 0 Å². The summed E-state index contributed by atoms with van der Waals surface area (Å²) in [5.74, 6) is -0.0833. The van der Waals surface area contributed by atoms with Crippen molar-refractivity contribution in [1.29, 1.82) is 0 Å². The Labute approximate surface area is 112 Å². The Morgan fingerprint density at radius 1 is 1.22 bits per heavy atom. The second-order valence-corrected chi connectivity index (χ2v) is 5.80. The van der Waals surface area contributed by atoms with E-state index in [4.69, 9.17) is 11.6 Å². The molecule has 0 radical (unpaired) electrons. The molecule has 0 heterocycles. The van der Waals surface area contributed by atoms with Gasteiger partial charge in [0.2, 0.25) is 0 Å². The van der Waals surface area contributed by atoms with Crippen molar-refractivity contribution in [3.05, 3.63) is 28.8 Å². The van der Waals surface area contributed by atoms with Crippen LogP contribution in [0.15, 0.2) is 12.1 Å². The van der Waals surface area contributed by atoms with E-state index in [1.807, 2.05) is 0 Å². The molecule has 1 nitrogen and oxygen atoms in total. The summed E-state index contributed by atoms with van der Waals surface area (Å²) in [7, 11) is 0. The van der Waals surface area contributed by atoms with Gasteiger partial charge < -0.3 is 5.32 Å². The maximum Gasteiger partial charge on any atom is 0.150 e. The number of hydrogen-bond donors (Lipinski definition) is 1. The van der Waals surface area contributed by atoms with E-state index in [9.17, 15) is 8.78 Å². The van der Waals surface area contributed by atoms with E-state index >= 15 is 0 Å². The van der Waals surface area contributed by atoms with Gasteiger partial charge in [-0.1, -0.05) is 25.4 Å². The van der Waals surface area contributed by atoms with E-state index in [-0.39, 0.29) is 16.8 Å². The summed E-state index contributed by atoms with van der Waals surface area (Å²) in [4.78, 5) is 0. The Kier molecular flexibility index (Phi) is 4.10. The van der Waals surface area contributed by atoms with Crippen LogP contribution in [0.25, 0.3) is 0 Å². The summed E-state index contributed by atoms with van der Waals surface area (Å²) in [5.41, 5.74) is 0.226. The summed E-state index contributed by atoms with van der Waals surface area (Å²) in [6, 6.07) is 2.21. The van der Waals surface area contributed by atoms with Crippen LogP contribution in [0.4, 0.5) is 14.5 Å². The van der Waals surface area contributed by atoms with Gasteiger partial charge in [-0.2, -0.15) is 0 Å². The smallest absolute Gasteiger partial charge is 0.150 e. The topological polar surface area (TPSA) is 12.0 Å². The second kappa shape index (κ2) is 5.43. The van der Waals surface area contributed by atoms with Crippen LogP contribution >= 0.6 is 11.6 Å². The van der Waals surface area contributed by atoms with Crippen molar-refractivity contribution in [2.24, 2.45) is 11.8 Å². The molecule has 1 N–H and O–H groups in total. The molecule has 0 bridgehead atoms. The highest BCUT2D eigenvalue weighted by atomic mass is 35.5. The van der Waals surface area contributed by atoms with Gasteiger partial charge in [0.15, 0.2) is 5.82 Å². The number of benzene rings is 1. The van der Waals surface area contributed by atoms with Gasteiger partial charge in [0.1, 0.15) is 5.82 Å². The van der Waals surface area contributed by atoms with E-state index in [0.717, 1.165) is 31.4 Å². The van der Waals surface area contributed by atoms with Crippen molar-refractivity contribution in [1.82, 2.24) is 0 Å². The van der Waals surface area contributed by atoms with Crippen molar-refractivity contribution in [2.45, 2.75) is 39.2 Å². The summed E-state index contributed by atoms with van der Waals surface area (Å²) >= 11 is 5.89. The minimum atomic E-state index is -0.645. The van der Waals surface area contributed by atoms with Gasteiger partial charge in [-0.15, -0.1) is 0 Å². The molecule has 1 aromatic carbocycles. The first-order chi connectivity index (χ1) is 8.47. The second-order valence-electron chi connectivity index (χ2n) is 5.39. The molecular weight excluding hydrogens is 256 g/mol. The van der Waals surface area contributed by atoms with Crippen LogP contribution in [0.5, 0.6) is 0 Å². The quantitative estimate of drug-likeness (QED) is 0.812. The van der Waals surface area contributed by atoms with Gasteiger partial charge in [0.05, 0.1) is 10.7 Å². The molecule has 18 heavy (non-hydrogen) atoms. The fourth-order valence-electron chi connectivity index (χ4n) is 2.75. The average molecular weight is 274 g/mol. The molecule has 3 atom stereocenters. The van der Waals surface area contributed by atoms with Crippen LogP contribution in [0, 0.1) is 23.5 Å². The van der Waals surface area contributed by atoms with Gasteiger partial charge in [0, 0.05) is 12.1 Å². The molecular formula is C14H18ClF2N. The number of hydrogen-bond acceptors (Lipinski definition) is 1. The zero-order valence-electron chi connectivity index (χ0n) is 10.6. The highest BCUT2D eigenvalue weighted by Crippen LogP contribution is 2.34. The van der Waals surface area contributed by atoms with Crippen LogP contribution < -0.4 is 5.32 Å². The van der Waals surface area contributed by atoms with Crippen LogP contribution in [0.3, 0.4) is 0 Å². The molecule has 4 heteroatoms. The number of halogens is 3. The maximum absolute atomic E-state index is 13.7. The largest absolute Gasteiger partial charge is 0.378 e. The van der Waals surface area contributed by atoms with Crippen LogP contribution in [0.1, 0.15) is 33.1 Å². The molecule has 1 aliphatic carbocycles. The molecule has 0 aliphatic heterocycles. The summed E-state index contributed by atoms with van der Waals surface area (Å²) in [5, 5.41) is 3.25. The molecule has 0 spiro atoms. The summed E-state index contributed by atoms with van der Waals surface area (Å²) in [6.07, 6.45) is 3.25. The molecule has 3 unspecified atom stereocenters. The normalized spacial score (nSPS) is 28.2. The number of rotatable bonds is 2. The average Bonchev–Trinajstić information content (AvgIpc) is 2.25. The lowest BCUT2D eigenvalue weighted by molar-refractivity contribution is 0.276. The molecule has 1 aliphatic rings. The third kappa shape index (κ3) is 2.94. The molecule has 2 rings (SSSR count). The summed E-state index contributed by atoms with van der Waals surface area (Å²) in [6.45, 7) is 4.39. The van der Waals surface area contributed by atoms with Gasteiger partial charge in [0.25, 0.3) is 0 Å². The highest BCUT2D eigenvalue weighted by Gasteiger charge is 2.26. The Hall–Kier alpha value is -0.830. The number of nitrogens with one attached hydrogen (secondary N) is 1. The van der Waals surface area contributed by atoms with Crippen molar-refractivity contribution < 1.29 is 8.78 Å². The first-order valence-electron chi connectivity index (χ1n) is 6.38. The zero-order valence-corrected chi connectivity index (χ0v) is 11.4. The third-order valence-electron chi connectivity index (χ3n) is 3.77. The monoisotopic (exact) mass is 273 g/mol. The fraction of sp³-hybridized carbons (Fsp3) is 0.571. The van der Waals surface area contributed by atoms with Crippen LogP contribution in [0.2, 0.25) is 5.02 Å². The van der Waals surface area contributed by atoms with E-state index in [0.29, 0.717) is 11.8 Å². The molecule has 0 aromatic heterocycles. The molecule has 0 amide bonds. The van der Waals surface area contributed by atoms with E-state index in [1.54, 1.807) is 0 Å². The lowest BCUT2D eigenvalue weighted by Crippen LogP contribution is -2.33. The highest BCUT2D eigenvalue weighted by molar-refractivity contribution is 6.33. The van der Waals surface area contributed by atoms with Gasteiger partial charge in [-0.25, -0.2) is 8.78 Å². The molecule has 1 aromatic rings. The predicted molar refractivity (Wildman–Crippen MR) is 71.0 cm³/mol. The number of anilines is 1. The minimum Gasteiger partial charge on any atom is -0.378 e. The standard InChI is InChI=1S/C14H18ClF2N/c1-8-3-4-13(9(2)5-8)18-14-11(15)6-10(16)7-12(14)17/h6-9,13,18H,3-5H2,1-2H3. The van der Waals surface area contributed by atoms with Gasteiger partial charge in [-0.05, 0) is 37.2 Å². The SMILES string of the molecule is CC1CCC(Nc2c(F)cc(F)cc2Cl)C(C)C1. The third-order valence-corrected chi connectivity index (χ3v) is 4.07. The molecule has 100 valence electrons. The lowest BCUT2D eigenvalue weighted by atomic mass is 9.80. The Bertz CT molecular complexity index is 413. The van der Waals surface area contributed by atoms with Crippen molar-refractivity contribution in [2.75, 3.05) is 5.32 Å². The fourth-order valence-corrected chi connectivity index (χ4v) is 2.99.